The van der Waals surface area contributed by atoms with Gasteiger partial charge in [-0.2, -0.15) is 0 Å². The van der Waals surface area contributed by atoms with E-state index in [9.17, 15) is 9.59 Å². The second kappa shape index (κ2) is 6.55. The third-order valence-corrected chi connectivity index (χ3v) is 3.46. The molecule has 0 radical (unpaired) electrons. The summed E-state index contributed by atoms with van der Waals surface area (Å²) in [4.78, 5) is 25.3. The van der Waals surface area contributed by atoms with Crippen LogP contribution in [-0.4, -0.2) is 31.4 Å². The van der Waals surface area contributed by atoms with Crippen molar-refractivity contribution < 1.29 is 14.3 Å². The van der Waals surface area contributed by atoms with E-state index < -0.39 is 5.97 Å². The van der Waals surface area contributed by atoms with Gasteiger partial charge in [-0.1, -0.05) is 17.7 Å². The van der Waals surface area contributed by atoms with Crippen LogP contribution in [0.25, 0.3) is 0 Å². The molecule has 0 aromatic heterocycles. The van der Waals surface area contributed by atoms with Crippen molar-refractivity contribution in [3.63, 3.8) is 0 Å². The molecule has 0 bridgehead atoms. The number of hydrogen-bond acceptors (Lipinski definition) is 4. The number of nitrogens with zero attached hydrogens (tertiary/aromatic N) is 1. The summed E-state index contributed by atoms with van der Waals surface area (Å²) in [7, 11) is 0. The average Bonchev–Trinajstić information content (AvgIpc) is 2.38. The van der Waals surface area contributed by atoms with Gasteiger partial charge in [-0.3, -0.25) is 9.59 Å². The van der Waals surface area contributed by atoms with E-state index in [4.69, 9.17) is 4.74 Å². The van der Waals surface area contributed by atoms with E-state index in [0.717, 1.165) is 25.1 Å². The largest absolute Gasteiger partial charge is 0.466 e. The van der Waals surface area contributed by atoms with E-state index in [2.05, 4.69) is 30.0 Å². The number of ether oxygens (including phenoxy) is 1. The van der Waals surface area contributed by atoms with Crippen LogP contribution in [0.3, 0.4) is 0 Å². The van der Waals surface area contributed by atoms with Gasteiger partial charge in [-0.15, -0.1) is 0 Å². The van der Waals surface area contributed by atoms with E-state index in [1.165, 1.54) is 11.1 Å². The number of hydrogen-bond donors (Lipinski definition) is 0. The zero-order valence-electron chi connectivity index (χ0n) is 12.1. The summed E-state index contributed by atoms with van der Waals surface area (Å²) in [5.41, 5.74) is 3.66. The summed E-state index contributed by atoms with van der Waals surface area (Å²) >= 11 is 0. The Hall–Kier alpha value is -1.84. The number of rotatable bonds is 5. The third-order valence-electron chi connectivity index (χ3n) is 3.46. The minimum atomic E-state index is -0.432. The SMILES string of the molecule is CCOC(=O)CC(=O)CN1CCCc2cc(C)ccc21. The number of fused-ring (bicyclic) bond motifs is 1. The number of benzene rings is 1. The molecule has 0 aliphatic carbocycles. The highest BCUT2D eigenvalue weighted by Gasteiger charge is 2.20. The van der Waals surface area contributed by atoms with Gasteiger partial charge in [-0.25, -0.2) is 0 Å². The first-order valence-electron chi connectivity index (χ1n) is 7.12. The van der Waals surface area contributed by atoms with Gasteiger partial charge < -0.3 is 9.64 Å². The van der Waals surface area contributed by atoms with Crippen molar-refractivity contribution >= 4 is 17.4 Å². The highest BCUT2D eigenvalue weighted by molar-refractivity contribution is 5.98. The van der Waals surface area contributed by atoms with E-state index in [1.54, 1.807) is 6.92 Å². The predicted octanol–water partition coefficient (Wildman–Crippen LogP) is 2.27. The van der Waals surface area contributed by atoms with Crippen LogP contribution < -0.4 is 4.90 Å². The molecule has 4 nitrogen and oxygen atoms in total. The Labute approximate surface area is 119 Å². The molecular weight excluding hydrogens is 254 g/mol. The Kier molecular flexibility index (Phi) is 4.77. The molecule has 0 spiro atoms. The molecule has 0 unspecified atom stereocenters. The minimum Gasteiger partial charge on any atom is -0.466 e. The maximum Gasteiger partial charge on any atom is 0.313 e. The fourth-order valence-corrected chi connectivity index (χ4v) is 2.61. The number of aryl methyl sites for hydroxylation is 2. The van der Waals surface area contributed by atoms with Crippen LogP contribution in [0.4, 0.5) is 5.69 Å². The van der Waals surface area contributed by atoms with Crippen LogP contribution in [0.15, 0.2) is 18.2 Å². The van der Waals surface area contributed by atoms with Crippen LogP contribution in [-0.2, 0) is 20.7 Å². The summed E-state index contributed by atoms with van der Waals surface area (Å²) in [6, 6.07) is 6.31. The first-order chi connectivity index (χ1) is 9.60. The van der Waals surface area contributed by atoms with Gasteiger partial charge in [-0.05, 0) is 38.3 Å². The normalized spacial score (nSPS) is 13.8. The maximum absolute atomic E-state index is 11.9. The first kappa shape index (κ1) is 14.6. The third kappa shape index (κ3) is 3.59. The predicted molar refractivity (Wildman–Crippen MR) is 78.0 cm³/mol. The van der Waals surface area contributed by atoms with Crippen molar-refractivity contribution in [3.05, 3.63) is 29.3 Å². The smallest absolute Gasteiger partial charge is 0.313 e. The molecule has 1 aromatic rings. The Bertz CT molecular complexity index is 510. The van der Waals surface area contributed by atoms with Gasteiger partial charge in [0.25, 0.3) is 0 Å². The number of carbonyl (C=O) groups is 2. The monoisotopic (exact) mass is 275 g/mol. The lowest BCUT2D eigenvalue weighted by molar-refractivity contribution is -0.145. The molecule has 4 heteroatoms. The molecule has 0 saturated carbocycles. The van der Waals surface area contributed by atoms with Gasteiger partial charge in [0.15, 0.2) is 5.78 Å². The summed E-state index contributed by atoms with van der Waals surface area (Å²) in [5.74, 6) is -0.518. The molecular formula is C16H21NO3. The standard InChI is InChI=1S/C16H21NO3/c1-3-20-16(19)10-14(18)11-17-8-4-5-13-9-12(2)6-7-15(13)17/h6-7,9H,3-5,8,10-11H2,1-2H3. The van der Waals surface area contributed by atoms with Crippen LogP contribution in [0, 0.1) is 6.92 Å². The lowest BCUT2D eigenvalue weighted by Gasteiger charge is -2.31. The lowest BCUT2D eigenvalue weighted by atomic mass is 9.99. The number of Topliss-reactive ketones (excluding diaryl/α,β-unsaturated/α-hetero) is 1. The van der Waals surface area contributed by atoms with Crippen LogP contribution in [0.2, 0.25) is 0 Å². The maximum atomic E-state index is 11.9. The molecule has 0 fully saturated rings. The molecule has 1 heterocycles. The van der Waals surface area contributed by atoms with Crippen molar-refractivity contribution in [1.82, 2.24) is 0 Å². The molecule has 1 aliphatic rings. The van der Waals surface area contributed by atoms with Crippen molar-refractivity contribution in [2.45, 2.75) is 33.1 Å². The van der Waals surface area contributed by atoms with Gasteiger partial charge in [0.1, 0.15) is 6.42 Å². The van der Waals surface area contributed by atoms with Crippen LogP contribution in [0.1, 0.15) is 30.9 Å². The van der Waals surface area contributed by atoms with Gasteiger partial charge in [0, 0.05) is 12.2 Å². The van der Waals surface area contributed by atoms with Crippen LogP contribution >= 0.6 is 0 Å². The highest BCUT2D eigenvalue weighted by atomic mass is 16.5. The molecule has 108 valence electrons. The zero-order chi connectivity index (χ0) is 14.5. The van der Waals surface area contributed by atoms with Crippen molar-refractivity contribution in [2.75, 3.05) is 24.6 Å². The van der Waals surface area contributed by atoms with Crippen molar-refractivity contribution in [1.29, 1.82) is 0 Å². The molecule has 20 heavy (non-hydrogen) atoms. The Morgan fingerprint density at radius 1 is 1.35 bits per heavy atom. The quantitative estimate of drug-likeness (QED) is 0.611. The van der Waals surface area contributed by atoms with E-state index in [0.29, 0.717) is 6.61 Å². The van der Waals surface area contributed by atoms with Crippen LogP contribution in [0.5, 0.6) is 0 Å². The zero-order valence-corrected chi connectivity index (χ0v) is 12.1. The minimum absolute atomic E-state index is 0.0862. The van der Waals surface area contributed by atoms with E-state index >= 15 is 0 Å². The van der Waals surface area contributed by atoms with Crippen molar-refractivity contribution in [3.8, 4) is 0 Å². The second-order valence-electron chi connectivity index (χ2n) is 5.18. The lowest BCUT2D eigenvalue weighted by Crippen LogP contribution is -2.35. The average molecular weight is 275 g/mol. The van der Waals surface area contributed by atoms with E-state index in [1.807, 2.05) is 0 Å². The highest BCUT2D eigenvalue weighted by Crippen LogP contribution is 2.27. The fourth-order valence-electron chi connectivity index (χ4n) is 2.61. The van der Waals surface area contributed by atoms with Gasteiger partial charge in [0.05, 0.1) is 13.2 Å². The number of carbonyl (C=O) groups excluding carboxylic acids is 2. The molecule has 2 rings (SSSR count). The summed E-state index contributed by atoms with van der Waals surface area (Å²) < 4.78 is 4.81. The number of anilines is 1. The Morgan fingerprint density at radius 2 is 2.15 bits per heavy atom. The molecule has 1 aromatic carbocycles. The molecule has 0 amide bonds. The number of esters is 1. The Morgan fingerprint density at radius 3 is 2.90 bits per heavy atom. The fraction of sp³-hybridized carbons (Fsp3) is 0.500. The molecule has 0 N–H and O–H groups in total. The first-order valence-corrected chi connectivity index (χ1v) is 7.12. The molecule has 0 saturated heterocycles. The summed E-state index contributed by atoms with van der Waals surface area (Å²) in [6.07, 6.45) is 1.97. The van der Waals surface area contributed by atoms with Gasteiger partial charge >= 0.3 is 5.97 Å². The Balaban J connectivity index is 2.01. The molecule has 1 aliphatic heterocycles. The van der Waals surface area contributed by atoms with Gasteiger partial charge in [0.2, 0.25) is 0 Å². The topological polar surface area (TPSA) is 46.6 Å². The van der Waals surface area contributed by atoms with Crippen molar-refractivity contribution in [2.24, 2.45) is 0 Å². The second-order valence-corrected chi connectivity index (χ2v) is 5.18. The van der Waals surface area contributed by atoms with E-state index in [-0.39, 0.29) is 18.7 Å². The number of ketones is 1. The molecule has 0 atom stereocenters. The summed E-state index contributed by atoms with van der Waals surface area (Å²) in [6.45, 7) is 5.29. The summed E-state index contributed by atoms with van der Waals surface area (Å²) in [5, 5.41) is 0.